The lowest BCUT2D eigenvalue weighted by Crippen LogP contribution is -2.50. The first-order valence-corrected chi connectivity index (χ1v) is 8.36. The van der Waals surface area contributed by atoms with E-state index in [2.05, 4.69) is 10.6 Å². The van der Waals surface area contributed by atoms with E-state index in [1.165, 1.54) is 4.90 Å². The molecule has 23 heavy (non-hydrogen) atoms. The molecule has 0 aromatic heterocycles. The molecule has 1 fully saturated rings. The topological polar surface area (TPSA) is 73.9 Å². The monoisotopic (exact) mass is 328 g/mol. The summed E-state index contributed by atoms with van der Waals surface area (Å²) in [5, 5.41) is 6.12. The van der Waals surface area contributed by atoms with Crippen molar-refractivity contribution in [3.05, 3.63) is 0 Å². The molecule has 0 aromatic rings. The Morgan fingerprint density at radius 2 is 1.91 bits per heavy atom. The van der Waals surface area contributed by atoms with Crippen LogP contribution in [0.1, 0.15) is 40.0 Å². The number of nitrogens with one attached hydrogen (secondary N) is 2. The van der Waals surface area contributed by atoms with Gasteiger partial charge in [-0.3, -0.25) is 0 Å². The normalized spacial score (nSPS) is 18.5. The summed E-state index contributed by atoms with van der Waals surface area (Å²) in [6, 6.07) is 0.0583. The fourth-order valence-electron chi connectivity index (χ4n) is 2.46. The molecule has 3 amide bonds. The standard InChI is InChI=1S/C16H32N4O3/c1-16(2,3)23-15(22)20-11-7-6-8-13(20)12-17-9-10-18-14(21)19(4)5/h13,17H,6-12H2,1-5H3,(H,18,21). The molecule has 0 radical (unpaired) electrons. The van der Waals surface area contributed by atoms with Crippen LogP contribution in [0.5, 0.6) is 0 Å². The molecule has 1 atom stereocenters. The Labute approximate surface area is 139 Å². The molecular formula is C16H32N4O3. The predicted octanol–water partition coefficient (Wildman–Crippen LogP) is 1.64. The highest BCUT2D eigenvalue weighted by Crippen LogP contribution is 2.19. The van der Waals surface area contributed by atoms with E-state index in [1.54, 1.807) is 14.1 Å². The van der Waals surface area contributed by atoms with Gasteiger partial charge in [-0.25, -0.2) is 9.59 Å². The second-order valence-corrected chi connectivity index (χ2v) is 7.15. The number of ether oxygens (including phenoxy) is 1. The van der Waals surface area contributed by atoms with Gasteiger partial charge in [0.05, 0.1) is 0 Å². The molecule has 1 rings (SSSR count). The van der Waals surface area contributed by atoms with Crippen LogP contribution in [-0.2, 0) is 4.74 Å². The third-order valence-corrected chi connectivity index (χ3v) is 3.62. The number of nitrogens with zero attached hydrogens (tertiary/aromatic N) is 2. The fraction of sp³-hybridized carbons (Fsp3) is 0.875. The highest BCUT2D eigenvalue weighted by Gasteiger charge is 2.30. The molecule has 1 aliphatic heterocycles. The molecule has 1 saturated heterocycles. The summed E-state index contributed by atoms with van der Waals surface area (Å²) in [5.74, 6) is 0. The van der Waals surface area contributed by atoms with Gasteiger partial charge < -0.3 is 25.2 Å². The van der Waals surface area contributed by atoms with Crippen LogP contribution in [0.3, 0.4) is 0 Å². The molecule has 7 nitrogen and oxygen atoms in total. The van der Waals surface area contributed by atoms with Crippen molar-refractivity contribution in [3.8, 4) is 0 Å². The van der Waals surface area contributed by atoms with Crippen molar-refractivity contribution in [3.63, 3.8) is 0 Å². The average molecular weight is 328 g/mol. The van der Waals surface area contributed by atoms with Crippen molar-refractivity contribution in [2.24, 2.45) is 0 Å². The van der Waals surface area contributed by atoms with Crippen LogP contribution in [0.4, 0.5) is 9.59 Å². The third kappa shape index (κ3) is 7.54. The summed E-state index contributed by atoms with van der Waals surface area (Å²) in [7, 11) is 3.42. The molecule has 0 saturated carbocycles. The minimum absolute atomic E-state index is 0.0974. The number of amides is 3. The zero-order valence-electron chi connectivity index (χ0n) is 15.1. The van der Waals surface area contributed by atoms with Crippen LogP contribution in [0.25, 0.3) is 0 Å². The number of piperidine rings is 1. The van der Waals surface area contributed by atoms with Crippen molar-refractivity contribution < 1.29 is 14.3 Å². The SMILES string of the molecule is CN(C)C(=O)NCCNCC1CCCCN1C(=O)OC(C)(C)C. The van der Waals surface area contributed by atoms with E-state index < -0.39 is 5.60 Å². The Bertz CT molecular complexity index is 393. The predicted molar refractivity (Wildman–Crippen MR) is 90.5 cm³/mol. The van der Waals surface area contributed by atoms with Gasteiger partial charge in [-0.15, -0.1) is 0 Å². The van der Waals surface area contributed by atoms with E-state index in [1.807, 2.05) is 25.7 Å². The Morgan fingerprint density at radius 3 is 2.52 bits per heavy atom. The molecule has 134 valence electrons. The minimum Gasteiger partial charge on any atom is -0.444 e. The van der Waals surface area contributed by atoms with E-state index in [9.17, 15) is 9.59 Å². The number of carbonyl (C=O) groups excluding carboxylic acids is 2. The van der Waals surface area contributed by atoms with E-state index >= 15 is 0 Å². The highest BCUT2D eigenvalue weighted by atomic mass is 16.6. The molecular weight excluding hydrogens is 296 g/mol. The first-order chi connectivity index (χ1) is 10.7. The van der Waals surface area contributed by atoms with Crippen LogP contribution in [0.15, 0.2) is 0 Å². The van der Waals surface area contributed by atoms with Gasteiger partial charge in [0.2, 0.25) is 0 Å². The maximum atomic E-state index is 12.3. The lowest BCUT2D eigenvalue weighted by atomic mass is 10.0. The number of carbonyl (C=O) groups is 2. The Hall–Kier alpha value is -1.50. The van der Waals surface area contributed by atoms with Crippen LogP contribution >= 0.6 is 0 Å². The van der Waals surface area contributed by atoms with Crippen LogP contribution in [-0.4, -0.2) is 73.8 Å². The van der Waals surface area contributed by atoms with E-state index in [-0.39, 0.29) is 18.2 Å². The third-order valence-electron chi connectivity index (χ3n) is 3.62. The van der Waals surface area contributed by atoms with Crippen LogP contribution in [0, 0.1) is 0 Å². The van der Waals surface area contributed by atoms with Gasteiger partial charge in [-0.2, -0.15) is 0 Å². The molecule has 7 heteroatoms. The minimum atomic E-state index is -0.469. The van der Waals surface area contributed by atoms with Gasteiger partial charge in [0.25, 0.3) is 0 Å². The molecule has 1 aliphatic rings. The van der Waals surface area contributed by atoms with Gasteiger partial charge in [-0.05, 0) is 40.0 Å². The first-order valence-electron chi connectivity index (χ1n) is 8.36. The summed E-state index contributed by atoms with van der Waals surface area (Å²) in [5.41, 5.74) is -0.469. The van der Waals surface area contributed by atoms with Crippen molar-refractivity contribution in [2.75, 3.05) is 40.3 Å². The van der Waals surface area contributed by atoms with Crippen molar-refractivity contribution >= 4 is 12.1 Å². The summed E-state index contributed by atoms with van der Waals surface area (Å²) in [4.78, 5) is 27.0. The summed E-state index contributed by atoms with van der Waals surface area (Å²) in [6.45, 7) is 8.37. The Balaban J connectivity index is 2.35. The Morgan fingerprint density at radius 1 is 1.22 bits per heavy atom. The summed E-state index contributed by atoms with van der Waals surface area (Å²) >= 11 is 0. The smallest absolute Gasteiger partial charge is 0.410 e. The molecule has 0 aliphatic carbocycles. The van der Waals surface area contributed by atoms with Gasteiger partial charge >= 0.3 is 12.1 Å². The molecule has 1 heterocycles. The lowest BCUT2D eigenvalue weighted by molar-refractivity contribution is 0.0100. The lowest BCUT2D eigenvalue weighted by Gasteiger charge is -2.37. The van der Waals surface area contributed by atoms with Crippen LogP contribution in [0.2, 0.25) is 0 Å². The van der Waals surface area contributed by atoms with Gasteiger partial charge in [0.15, 0.2) is 0 Å². The molecule has 2 N–H and O–H groups in total. The maximum absolute atomic E-state index is 12.3. The van der Waals surface area contributed by atoms with Crippen LogP contribution < -0.4 is 10.6 Å². The first kappa shape index (κ1) is 19.5. The number of urea groups is 1. The van der Waals surface area contributed by atoms with Crippen molar-refractivity contribution in [2.45, 2.75) is 51.7 Å². The highest BCUT2D eigenvalue weighted by molar-refractivity contribution is 5.73. The van der Waals surface area contributed by atoms with E-state index in [4.69, 9.17) is 4.74 Å². The molecule has 0 bridgehead atoms. The van der Waals surface area contributed by atoms with Gasteiger partial charge in [0.1, 0.15) is 5.60 Å². The zero-order chi connectivity index (χ0) is 17.5. The zero-order valence-corrected chi connectivity index (χ0v) is 15.1. The number of hydrogen-bond acceptors (Lipinski definition) is 4. The van der Waals surface area contributed by atoms with Crippen molar-refractivity contribution in [1.29, 1.82) is 0 Å². The number of likely N-dealkylation sites (tertiary alicyclic amines) is 1. The largest absolute Gasteiger partial charge is 0.444 e. The average Bonchev–Trinajstić information content (AvgIpc) is 2.45. The molecule has 1 unspecified atom stereocenters. The second kappa shape index (κ2) is 8.96. The fourth-order valence-corrected chi connectivity index (χ4v) is 2.46. The molecule has 0 aromatic carbocycles. The summed E-state index contributed by atoms with van der Waals surface area (Å²) < 4.78 is 5.49. The quantitative estimate of drug-likeness (QED) is 0.753. The Kier molecular flexibility index (Phi) is 7.61. The maximum Gasteiger partial charge on any atom is 0.410 e. The molecule has 0 spiro atoms. The van der Waals surface area contributed by atoms with E-state index in [0.29, 0.717) is 13.1 Å². The number of rotatable bonds is 5. The van der Waals surface area contributed by atoms with Gasteiger partial charge in [0, 0.05) is 46.3 Å². The van der Waals surface area contributed by atoms with E-state index in [0.717, 1.165) is 32.4 Å². The second-order valence-electron chi connectivity index (χ2n) is 7.15. The van der Waals surface area contributed by atoms with Crippen molar-refractivity contribution in [1.82, 2.24) is 20.4 Å². The number of hydrogen-bond donors (Lipinski definition) is 2. The van der Waals surface area contributed by atoms with Gasteiger partial charge in [-0.1, -0.05) is 0 Å². The summed E-state index contributed by atoms with van der Waals surface area (Å²) in [6.07, 6.45) is 2.90.